The first kappa shape index (κ1) is 34.1. The topological polar surface area (TPSA) is 69.5 Å². The van der Waals surface area contributed by atoms with Gasteiger partial charge in [0.05, 0.1) is 31.0 Å². The zero-order valence-corrected chi connectivity index (χ0v) is 29.2. The van der Waals surface area contributed by atoms with E-state index in [0.717, 1.165) is 20.6 Å². The molecule has 49 heavy (non-hydrogen) atoms. The van der Waals surface area contributed by atoms with Gasteiger partial charge in [-0.3, -0.25) is 14.5 Å². The number of hydrogen-bond donors (Lipinski definition) is 0. The fourth-order valence-electron chi connectivity index (χ4n) is 6.70. The van der Waals surface area contributed by atoms with Crippen LogP contribution >= 0.6 is 0 Å². The molecule has 2 aromatic heterocycles. The summed E-state index contributed by atoms with van der Waals surface area (Å²) in [4.78, 5) is 20.3. The van der Waals surface area contributed by atoms with Crippen molar-refractivity contribution in [3.05, 3.63) is 125 Å². The van der Waals surface area contributed by atoms with E-state index in [-0.39, 0.29) is 59.7 Å². The number of halogens is 3. The molecule has 0 unspecified atom stereocenters. The summed E-state index contributed by atoms with van der Waals surface area (Å²) in [5.74, 6) is -0.265. The number of aromatic nitrogens is 3. The maximum Gasteiger partial charge on any atom is 0.435 e. The van der Waals surface area contributed by atoms with Crippen LogP contribution < -0.4 is 15.1 Å². The number of nitrogens with zero attached hydrogens (tertiary/aromatic N) is 4. The van der Waals surface area contributed by atoms with Crippen molar-refractivity contribution in [2.75, 3.05) is 13.2 Å². The number of carbonyl (C=O) groups excluding carboxylic acids is 1. The Kier molecular flexibility index (Phi) is 9.25. The van der Waals surface area contributed by atoms with Gasteiger partial charge in [-0.05, 0) is 57.7 Å². The number of amides is 1. The monoisotopic (exact) mass is 684 g/mol. The number of benzene rings is 3. The normalized spacial score (nSPS) is 14.0. The minimum atomic E-state index is -4.73. The molecule has 254 valence electrons. The highest BCUT2D eigenvalue weighted by Gasteiger charge is 2.50. The van der Waals surface area contributed by atoms with Crippen molar-refractivity contribution in [1.82, 2.24) is 19.7 Å². The van der Waals surface area contributed by atoms with E-state index in [1.54, 1.807) is 23.2 Å². The molecule has 11 heteroatoms. The van der Waals surface area contributed by atoms with Gasteiger partial charge in [-0.25, -0.2) is 0 Å². The lowest BCUT2D eigenvalue weighted by molar-refractivity contribution is -0.141. The number of carbonyl (C=O) groups is 1. The molecule has 0 radical (unpaired) electrons. The van der Waals surface area contributed by atoms with Gasteiger partial charge in [0.15, 0.2) is 5.69 Å². The van der Waals surface area contributed by atoms with E-state index in [1.165, 1.54) is 13.2 Å². The Balaban J connectivity index is 1.50. The van der Waals surface area contributed by atoms with Crippen molar-refractivity contribution >= 4 is 24.6 Å². The van der Waals surface area contributed by atoms with Crippen LogP contribution in [0, 0.1) is 6.92 Å². The number of ether oxygens (including phenoxy) is 1. The zero-order chi connectivity index (χ0) is 35.0. The molecule has 0 saturated carbocycles. The van der Waals surface area contributed by atoms with Gasteiger partial charge in [-0.15, -0.1) is 0 Å². The molecule has 6 rings (SSSR count). The van der Waals surface area contributed by atoms with Gasteiger partial charge >= 0.3 is 6.18 Å². The van der Waals surface area contributed by atoms with Crippen LogP contribution in [0.25, 0.3) is 11.1 Å². The Morgan fingerprint density at radius 3 is 2.12 bits per heavy atom. The summed E-state index contributed by atoms with van der Waals surface area (Å²) in [6.07, 6.45) is -1.72. The Bertz CT molecular complexity index is 1920. The van der Waals surface area contributed by atoms with E-state index in [4.69, 9.17) is 9.16 Å². The van der Waals surface area contributed by atoms with Gasteiger partial charge in [0.1, 0.15) is 12.4 Å². The molecular formula is C38H39F3N4O3Si. The number of alkyl halides is 3. The van der Waals surface area contributed by atoms with E-state index < -0.39 is 20.2 Å². The van der Waals surface area contributed by atoms with Crippen LogP contribution in [0.5, 0.6) is 5.75 Å². The number of hydrogen-bond acceptors (Lipinski definition) is 5. The summed E-state index contributed by atoms with van der Waals surface area (Å²) in [6.45, 7) is 9.01. The molecule has 0 N–H and O–H groups in total. The van der Waals surface area contributed by atoms with Crippen LogP contribution in [-0.4, -0.2) is 47.0 Å². The second kappa shape index (κ2) is 13.3. The van der Waals surface area contributed by atoms with E-state index in [9.17, 15) is 18.0 Å². The Morgan fingerprint density at radius 1 is 0.898 bits per heavy atom. The van der Waals surface area contributed by atoms with Crippen LogP contribution in [-0.2, 0) is 30.8 Å². The van der Waals surface area contributed by atoms with Gasteiger partial charge in [0.2, 0.25) is 0 Å². The highest BCUT2D eigenvalue weighted by molar-refractivity contribution is 6.99. The van der Waals surface area contributed by atoms with Crippen LogP contribution in [0.3, 0.4) is 0 Å². The average molecular weight is 685 g/mol. The molecule has 0 bridgehead atoms. The Hall–Kier alpha value is -4.74. The molecule has 3 heterocycles. The summed E-state index contributed by atoms with van der Waals surface area (Å²) < 4.78 is 57.5. The maximum atomic E-state index is 14.4. The van der Waals surface area contributed by atoms with E-state index in [1.807, 2.05) is 55.5 Å². The Morgan fingerprint density at radius 2 is 1.53 bits per heavy atom. The fraction of sp³-hybridized carbons (Fsp3) is 0.289. The quantitative estimate of drug-likeness (QED) is 0.166. The van der Waals surface area contributed by atoms with Crippen LogP contribution in [0.4, 0.5) is 13.2 Å². The number of rotatable bonds is 8. The van der Waals surface area contributed by atoms with E-state index in [2.05, 4.69) is 55.1 Å². The summed E-state index contributed by atoms with van der Waals surface area (Å²) >= 11 is 0. The lowest BCUT2D eigenvalue weighted by atomic mass is 9.97. The highest BCUT2D eigenvalue weighted by Crippen LogP contribution is 2.43. The third-order valence-corrected chi connectivity index (χ3v) is 13.8. The largest absolute Gasteiger partial charge is 0.490 e. The smallest absolute Gasteiger partial charge is 0.435 e. The summed E-state index contributed by atoms with van der Waals surface area (Å²) in [5, 5.41) is 5.55. The summed E-state index contributed by atoms with van der Waals surface area (Å²) in [5.41, 5.74) is 1.35. The average Bonchev–Trinajstić information content (AvgIpc) is 3.40. The molecule has 7 nitrogen and oxygen atoms in total. The van der Waals surface area contributed by atoms with Crippen LogP contribution in [0.2, 0.25) is 5.04 Å². The summed E-state index contributed by atoms with van der Waals surface area (Å²) in [6, 6.07) is 27.3. The molecule has 0 spiro atoms. The molecule has 3 aromatic carbocycles. The van der Waals surface area contributed by atoms with Crippen molar-refractivity contribution < 1.29 is 27.1 Å². The van der Waals surface area contributed by atoms with Gasteiger partial charge in [-0.1, -0.05) is 81.4 Å². The summed E-state index contributed by atoms with van der Waals surface area (Å²) in [7, 11) is -1.59. The number of pyridine rings is 1. The molecule has 5 aromatic rings. The molecule has 0 aliphatic carbocycles. The first-order chi connectivity index (χ1) is 23.3. The molecule has 0 saturated heterocycles. The van der Waals surface area contributed by atoms with Crippen LogP contribution in [0.1, 0.15) is 53.6 Å². The standard InChI is InChI=1S/C38H39F3N4O3Si/c1-26-16-17-42-28(20-26)23-45-18-19-47-34-31(33-24-44(5)43-35(33)38(39,40)41)21-27(22-32(34)36(45)46)25-48-49(37(2,3)4,29-12-8-6-9-13-29)30-14-10-7-11-15-30/h6-17,20-22,24H,18-19,23,25H2,1-5H3. The van der Waals surface area contributed by atoms with Gasteiger partial charge in [-0.2, -0.15) is 18.3 Å². The SMILES string of the molecule is Cc1ccnc(CN2CCOc3c(cc(CO[Si](c4ccccc4)(c4ccccc4)C(C)(C)C)cc3-c3cn(C)nc3C(F)(F)F)C2=O)c1. The third kappa shape index (κ3) is 6.77. The number of fused-ring (bicyclic) bond motifs is 1. The van der Waals surface area contributed by atoms with Crippen molar-refractivity contribution in [2.45, 2.75) is 52.1 Å². The van der Waals surface area contributed by atoms with Gasteiger partial charge < -0.3 is 14.1 Å². The van der Waals surface area contributed by atoms with Crippen molar-refractivity contribution in [1.29, 1.82) is 0 Å². The molecule has 0 fully saturated rings. The minimum absolute atomic E-state index is 0.0435. The number of aryl methyl sites for hydroxylation is 2. The molecule has 1 amide bonds. The molecule has 1 aliphatic heterocycles. The van der Waals surface area contributed by atoms with Crippen molar-refractivity contribution in [3.63, 3.8) is 0 Å². The van der Waals surface area contributed by atoms with E-state index >= 15 is 0 Å². The lowest BCUT2D eigenvalue weighted by Crippen LogP contribution is -2.66. The van der Waals surface area contributed by atoms with Crippen LogP contribution in [0.15, 0.2) is 97.3 Å². The van der Waals surface area contributed by atoms with Gasteiger partial charge in [0, 0.05) is 30.6 Å². The zero-order valence-electron chi connectivity index (χ0n) is 28.2. The second-order valence-electron chi connectivity index (χ2n) is 13.4. The second-order valence-corrected chi connectivity index (χ2v) is 17.7. The molecule has 0 atom stereocenters. The first-order valence-corrected chi connectivity index (χ1v) is 18.1. The maximum absolute atomic E-state index is 14.4. The molecule has 1 aliphatic rings. The predicted octanol–water partition coefficient (Wildman–Crippen LogP) is 6.92. The molecular weight excluding hydrogens is 646 g/mol. The lowest BCUT2D eigenvalue weighted by Gasteiger charge is -2.43. The Labute approximate surface area is 285 Å². The highest BCUT2D eigenvalue weighted by atomic mass is 28.4. The van der Waals surface area contributed by atoms with Crippen molar-refractivity contribution in [2.24, 2.45) is 7.05 Å². The van der Waals surface area contributed by atoms with Crippen molar-refractivity contribution in [3.8, 4) is 16.9 Å². The third-order valence-electron chi connectivity index (χ3n) is 8.86. The van der Waals surface area contributed by atoms with E-state index in [0.29, 0.717) is 11.3 Å². The first-order valence-electron chi connectivity index (χ1n) is 16.1. The minimum Gasteiger partial charge on any atom is -0.490 e. The van der Waals surface area contributed by atoms with Gasteiger partial charge in [0.25, 0.3) is 14.2 Å². The fourth-order valence-corrected chi connectivity index (χ4v) is 11.2. The predicted molar refractivity (Wildman–Crippen MR) is 185 cm³/mol.